The summed E-state index contributed by atoms with van der Waals surface area (Å²) in [6, 6.07) is 19.1. The highest BCUT2D eigenvalue weighted by Crippen LogP contribution is 2.15. The van der Waals surface area contributed by atoms with Crippen LogP contribution in [-0.2, 0) is 6.54 Å². The lowest BCUT2D eigenvalue weighted by atomic mass is 10.2. The largest absolute Gasteiger partial charge is 0.494 e. The zero-order valence-corrected chi connectivity index (χ0v) is 16.5. The first-order valence-corrected chi connectivity index (χ1v) is 10.2. The van der Waals surface area contributed by atoms with Crippen molar-refractivity contribution in [3.8, 4) is 5.75 Å². The molecule has 0 aromatic heterocycles. The Morgan fingerprint density at radius 1 is 0.889 bits per heavy atom. The van der Waals surface area contributed by atoms with Crippen molar-refractivity contribution in [1.82, 2.24) is 9.80 Å². The quantitative estimate of drug-likeness (QED) is 0.600. The molecule has 2 aromatic rings. The zero-order valence-electron chi connectivity index (χ0n) is 16.5. The van der Waals surface area contributed by atoms with Crippen molar-refractivity contribution in [2.24, 2.45) is 0 Å². The third-order valence-electron chi connectivity index (χ3n) is 5.03. The van der Waals surface area contributed by atoms with Crippen LogP contribution in [0.2, 0.25) is 0 Å². The van der Waals surface area contributed by atoms with Gasteiger partial charge in [-0.05, 0) is 29.7 Å². The van der Waals surface area contributed by atoms with E-state index in [9.17, 15) is 0 Å². The highest BCUT2D eigenvalue weighted by Gasteiger charge is 2.15. The number of rotatable bonds is 9. The normalized spacial score (nSPS) is 16.0. The molecule has 144 valence electrons. The van der Waals surface area contributed by atoms with Crippen molar-refractivity contribution in [2.45, 2.75) is 26.3 Å². The van der Waals surface area contributed by atoms with Gasteiger partial charge < -0.3 is 4.74 Å². The standard InChI is InChI=1S/C24H32N2O/c1-2-3-20-27-24-13-11-23(12-14-24)21-26-18-16-25(17-19-26)15-7-10-22-8-5-4-6-9-22/h4-14H,2-3,15-21H2,1H3. The number of benzene rings is 2. The van der Waals surface area contributed by atoms with Crippen molar-refractivity contribution >= 4 is 6.08 Å². The van der Waals surface area contributed by atoms with E-state index in [1.54, 1.807) is 0 Å². The van der Waals surface area contributed by atoms with Crippen LogP contribution in [0.5, 0.6) is 5.75 Å². The van der Waals surface area contributed by atoms with E-state index in [4.69, 9.17) is 4.74 Å². The van der Waals surface area contributed by atoms with E-state index in [-0.39, 0.29) is 0 Å². The van der Waals surface area contributed by atoms with E-state index in [1.165, 1.54) is 17.5 Å². The van der Waals surface area contributed by atoms with Gasteiger partial charge in [0.1, 0.15) is 5.75 Å². The Bertz CT molecular complexity index is 673. The summed E-state index contributed by atoms with van der Waals surface area (Å²) >= 11 is 0. The Morgan fingerprint density at radius 2 is 1.59 bits per heavy atom. The molecule has 0 aliphatic carbocycles. The highest BCUT2D eigenvalue weighted by atomic mass is 16.5. The number of ether oxygens (including phenoxy) is 1. The molecule has 0 radical (unpaired) electrons. The molecule has 27 heavy (non-hydrogen) atoms. The van der Waals surface area contributed by atoms with Crippen molar-refractivity contribution in [1.29, 1.82) is 0 Å². The topological polar surface area (TPSA) is 15.7 Å². The zero-order chi connectivity index (χ0) is 18.7. The van der Waals surface area contributed by atoms with Crippen LogP contribution in [0.1, 0.15) is 30.9 Å². The summed E-state index contributed by atoms with van der Waals surface area (Å²) < 4.78 is 5.75. The second-order valence-electron chi connectivity index (χ2n) is 7.24. The predicted molar refractivity (Wildman–Crippen MR) is 114 cm³/mol. The average molecular weight is 365 g/mol. The van der Waals surface area contributed by atoms with Crippen LogP contribution in [0.4, 0.5) is 0 Å². The molecule has 3 nitrogen and oxygen atoms in total. The lowest BCUT2D eigenvalue weighted by molar-refractivity contribution is 0.137. The van der Waals surface area contributed by atoms with Crippen molar-refractivity contribution < 1.29 is 4.74 Å². The Labute approximate surface area is 164 Å². The molecular formula is C24H32N2O. The molecular weight excluding hydrogens is 332 g/mol. The van der Waals surface area contributed by atoms with E-state index in [2.05, 4.69) is 83.5 Å². The highest BCUT2D eigenvalue weighted by molar-refractivity contribution is 5.48. The summed E-state index contributed by atoms with van der Waals surface area (Å²) in [5.74, 6) is 0.988. The fourth-order valence-corrected chi connectivity index (χ4v) is 3.32. The van der Waals surface area contributed by atoms with Gasteiger partial charge >= 0.3 is 0 Å². The molecule has 1 saturated heterocycles. The second kappa shape index (κ2) is 10.9. The maximum absolute atomic E-state index is 5.75. The smallest absolute Gasteiger partial charge is 0.119 e. The van der Waals surface area contributed by atoms with E-state index < -0.39 is 0 Å². The van der Waals surface area contributed by atoms with Gasteiger partial charge in [-0.1, -0.05) is 68.0 Å². The van der Waals surface area contributed by atoms with Crippen LogP contribution in [0.3, 0.4) is 0 Å². The molecule has 0 bridgehead atoms. The Morgan fingerprint density at radius 3 is 2.30 bits per heavy atom. The number of unbranched alkanes of at least 4 members (excludes halogenated alkanes) is 1. The number of nitrogens with zero attached hydrogens (tertiary/aromatic N) is 2. The summed E-state index contributed by atoms with van der Waals surface area (Å²) in [6.45, 7) is 9.61. The first-order chi connectivity index (χ1) is 13.3. The molecule has 3 heteroatoms. The number of piperazine rings is 1. The van der Waals surface area contributed by atoms with Crippen LogP contribution < -0.4 is 4.74 Å². The minimum Gasteiger partial charge on any atom is -0.494 e. The monoisotopic (exact) mass is 364 g/mol. The first-order valence-electron chi connectivity index (χ1n) is 10.2. The molecule has 0 amide bonds. The molecule has 1 aliphatic rings. The molecule has 0 N–H and O–H groups in total. The SMILES string of the molecule is CCCCOc1ccc(CN2CCN(CC=Cc3ccccc3)CC2)cc1. The summed E-state index contributed by atoms with van der Waals surface area (Å²) in [7, 11) is 0. The summed E-state index contributed by atoms with van der Waals surface area (Å²) in [4.78, 5) is 5.07. The summed E-state index contributed by atoms with van der Waals surface area (Å²) in [5, 5.41) is 0. The van der Waals surface area contributed by atoms with E-state index in [0.717, 1.165) is 58.0 Å². The van der Waals surface area contributed by atoms with Gasteiger partial charge in [0, 0.05) is 39.3 Å². The molecule has 2 aromatic carbocycles. The van der Waals surface area contributed by atoms with Crippen LogP contribution in [0.25, 0.3) is 6.08 Å². The number of hydrogen-bond donors (Lipinski definition) is 0. The lowest BCUT2D eigenvalue weighted by Gasteiger charge is -2.34. The molecule has 0 spiro atoms. The summed E-state index contributed by atoms with van der Waals surface area (Å²) in [5.41, 5.74) is 2.65. The van der Waals surface area contributed by atoms with Crippen LogP contribution in [0, 0.1) is 0 Å². The summed E-state index contributed by atoms with van der Waals surface area (Å²) in [6.07, 6.45) is 6.79. The van der Waals surface area contributed by atoms with Gasteiger partial charge in [0.05, 0.1) is 6.61 Å². The minimum absolute atomic E-state index is 0.816. The molecule has 3 rings (SSSR count). The minimum atomic E-state index is 0.816. The van der Waals surface area contributed by atoms with Gasteiger partial charge in [-0.25, -0.2) is 0 Å². The lowest BCUT2D eigenvalue weighted by Crippen LogP contribution is -2.45. The fraction of sp³-hybridized carbons (Fsp3) is 0.417. The molecule has 0 saturated carbocycles. The van der Waals surface area contributed by atoms with Crippen LogP contribution in [-0.4, -0.2) is 49.1 Å². The van der Waals surface area contributed by atoms with Crippen LogP contribution >= 0.6 is 0 Å². The first kappa shape index (κ1) is 19.7. The maximum atomic E-state index is 5.75. The van der Waals surface area contributed by atoms with Gasteiger partial charge in [-0.2, -0.15) is 0 Å². The third kappa shape index (κ3) is 6.85. The second-order valence-corrected chi connectivity index (χ2v) is 7.24. The van der Waals surface area contributed by atoms with Gasteiger partial charge in [0.2, 0.25) is 0 Å². The maximum Gasteiger partial charge on any atom is 0.119 e. The molecule has 1 heterocycles. The molecule has 1 fully saturated rings. The Kier molecular flexibility index (Phi) is 7.94. The Balaban J connectivity index is 1.37. The van der Waals surface area contributed by atoms with E-state index in [1.807, 2.05) is 0 Å². The molecule has 0 atom stereocenters. The third-order valence-corrected chi connectivity index (χ3v) is 5.03. The molecule has 1 aliphatic heterocycles. The van der Waals surface area contributed by atoms with Crippen LogP contribution in [0.15, 0.2) is 60.7 Å². The Hall–Kier alpha value is -2.10. The van der Waals surface area contributed by atoms with E-state index in [0.29, 0.717) is 0 Å². The fourth-order valence-electron chi connectivity index (χ4n) is 3.32. The van der Waals surface area contributed by atoms with Gasteiger partial charge in [0.15, 0.2) is 0 Å². The molecule has 0 unspecified atom stereocenters. The van der Waals surface area contributed by atoms with Gasteiger partial charge in [0.25, 0.3) is 0 Å². The predicted octanol–water partition coefficient (Wildman–Crippen LogP) is 4.70. The van der Waals surface area contributed by atoms with Crippen molar-refractivity contribution in [2.75, 3.05) is 39.3 Å². The number of hydrogen-bond acceptors (Lipinski definition) is 3. The van der Waals surface area contributed by atoms with Crippen molar-refractivity contribution in [3.05, 3.63) is 71.8 Å². The van der Waals surface area contributed by atoms with E-state index >= 15 is 0 Å². The van der Waals surface area contributed by atoms with Gasteiger partial charge in [-0.15, -0.1) is 0 Å². The van der Waals surface area contributed by atoms with Crippen molar-refractivity contribution in [3.63, 3.8) is 0 Å². The van der Waals surface area contributed by atoms with Gasteiger partial charge in [-0.3, -0.25) is 9.80 Å². The average Bonchev–Trinajstić information content (AvgIpc) is 2.72.